The first kappa shape index (κ1) is 18.4. The Morgan fingerprint density at radius 2 is 2.07 bits per heavy atom. The first-order valence-electron chi connectivity index (χ1n) is 8.37. The Labute approximate surface area is 155 Å². The summed E-state index contributed by atoms with van der Waals surface area (Å²) in [6, 6.07) is 7.28. The Morgan fingerprint density at radius 1 is 1.33 bits per heavy atom. The van der Waals surface area contributed by atoms with Crippen molar-refractivity contribution in [2.45, 2.75) is 20.8 Å². The molecule has 0 fully saturated rings. The first-order chi connectivity index (χ1) is 12.7. The number of hydrogen-bond donors (Lipinski definition) is 1. The number of benzene rings is 1. The molecule has 1 aromatic heterocycles. The molecule has 3 rings (SSSR count). The summed E-state index contributed by atoms with van der Waals surface area (Å²) in [6.45, 7) is 6.20. The number of furan rings is 1. The number of nitro groups is 1. The van der Waals surface area contributed by atoms with E-state index in [1.807, 2.05) is 20.8 Å². The van der Waals surface area contributed by atoms with Gasteiger partial charge in [0.1, 0.15) is 17.3 Å². The number of amides is 2. The van der Waals surface area contributed by atoms with Gasteiger partial charge >= 0.3 is 5.88 Å². The Kier molecular flexibility index (Phi) is 4.61. The molecule has 1 aliphatic rings. The zero-order valence-corrected chi connectivity index (χ0v) is 15.1. The number of fused-ring (bicyclic) bond motifs is 1. The average Bonchev–Trinajstić information content (AvgIpc) is 3.09. The van der Waals surface area contributed by atoms with Gasteiger partial charge in [-0.1, -0.05) is 0 Å². The maximum absolute atomic E-state index is 12.7. The third-order valence-electron chi connectivity index (χ3n) is 4.23. The van der Waals surface area contributed by atoms with Gasteiger partial charge in [-0.05, 0) is 39.0 Å². The van der Waals surface area contributed by atoms with Gasteiger partial charge in [0.2, 0.25) is 5.91 Å². The highest BCUT2D eigenvalue weighted by Crippen LogP contribution is 2.38. The van der Waals surface area contributed by atoms with Crippen LogP contribution in [0.5, 0.6) is 5.75 Å². The molecule has 0 radical (unpaired) electrons. The molecule has 2 heterocycles. The van der Waals surface area contributed by atoms with E-state index in [0.29, 0.717) is 23.7 Å². The number of rotatable bonds is 4. The molecule has 2 amide bonds. The molecule has 27 heavy (non-hydrogen) atoms. The van der Waals surface area contributed by atoms with Gasteiger partial charge in [0.05, 0.1) is 17.2 Å². The SMILES string of the molecule is CCN1C(=O)C(C)(C)COc2cc(NC(=O)c3ccc([N+](=O)[O-])o3)ccc21. The van der Waals surface area contributed by atoms with Crippen LogP contribution in [0.15, 0.2) is 34.7 Å². The Bertz CT molecular complexity index is 918. The molecule has 1 aromatic carbocycles. The quantitative estimate of drug-likeness (QED) is 0.650. The maximum atomic E-state index is 12.7. The molecule has 9 heteroatoms. The monoisotopic (exact) mass is 373 g/mol. The number of ether oxygens (including phenoxy) is 1. The largest absolute Gasteiger partial charge is 0.490 e. The van der Waals surface area contributed by atoms with Crippen LogP contribution in [0, 0.1) is 15.5 Å². The van der Waals surface area contributed by atoms with E-state index in [9.17, 15) is 19.7 Å². The minimum Gasteiger partial charge on any atom is -0.490 e. The fraction of sp³-hybridized carbons (Fsp3) is 0.333. The molecule has 142 valence electrons. The molecule has 2 aromatic rings. The lowest BCUT2D eigenvalue weighted by Crippen LogP contribution is -2.42. The normalized spacial score (nSPS) is 15.5. The summed E-state index contributed by atoms with van der Waals surface area (Å²) in [5, 5.41) is 13.3. The fourth-order valence-electron chi connectivity index (χ4n) is 2.78. The first-order valence-corrected chi connectivity index (χ1v) is 8.37. The Balaban J connectivity index is 1.85. The van der Waals surface area contributed by atoms with Crippen molar-refractivity contribution in [3.63, 3.8) is 0 Å². The van der Waals surface area contributed by atoms with Crippen molar-refractivity contribution in [3.8, 4) is 5.75 Å². The molecular formula is C18H19N3O6. The van der Waals surface area contributed by atoms with Crippen LogP contribution in [0.2, 0.25) is 0 Å². The molecule has 0 aliphatic carbocycles. The van der Waals surface area contributed by atoms with Gasteiger partial charge in [0.25, 0.3) is 5.91 Å². The second-order valence-corrected chi connectivity index (χ2v) is 6.75. The molecule has 1 aliphatic heterocycles. The van der Waals surface area contributed by atoms with E-state index in [2.05, 4.69) is 5.32 Å². The smallest absolute Gasteiger partial charge is 0.433 e. The predicted molar refractivity (Wildman–Crippen MR) is 97.1 cm³/mol. The van der Waals surface area contributed by atoms with Gasteiger partial charge in [-0.25, -0.2) is 0 Å². The zero-order chi connectivity index (χ0) is 19.8. The minimum absolute atomic E-state index is 0.0385. The van der Waals surface area contributed by atoms with Gasteiger partial charge in [-0.3, -0.25) is 19.7 Å². The zero-order valence-electron chi connectivity index (χ0n) is 15.1. The summed E-state index contributed by atoms with van der Waals surface area (Å²) in [5.41, 5.74) is 0.367. The summed E-state index contributed by atoms with van der Waals surface area (Å²) in [4.78, 5) is 36.5. The summed E-state index contributed by atoms with van der Waals surface area (Å²) >= 11 is 0. The van der Waals surface area contributed by atoms with E-state index in [-0.39, 0.29) is 18.3 Å². The standard InChI is InChI=1S/C18H19N3O6/c1-4-20-12-6-5-11(9-14(12)26-10-18(2,3)17(20)23)19-16(22)13-7-8-15(27-13)21(24)25/h5-9H,4,10H2,1-3H3,(H,19,22). The highest BCUT2D eigenvalue weighted by atomic mass is 16.6. The second kappa shape index (κ2) is 6.75. The molecule has 1 N–H and O–H groups in total. The summed E-state index contributed by atoms with van der Waals surface area (Å²) in [5.74, 6) is -0.878. The van der Waals surface area contributed by atoms with E-state index < -0.39 is 22.1 Å². The van der Waals surface area contributed by atoms with Crippen molar-refractivity contribution in [1.29, 1.82) is 0 Å². The van der Waals surface area contributed by atoms with Crippen molar-refractivity contribution < 1.29 is 23.7 Å². The van der Waals surface area contributed by atoms with Crippen LogP contribution in [0.3, 0.4) is 0 Å². The van der Waals surface area contributed by atoms with Crippen LogP contribution >= 0.6 is 0 Å². The average molecular weight is 373 g/mol. The lowest BCUT2D eigenvalue weighted by atomic mass is 9.93. The van der Waals surface area contributed by atoms with E-state index in [4.69, 9.17) is 9.15 Å². The lowest BCUT2D eigenvalue weighted by Gasteiger charge is -2.26. The molecule has 0 spiro atoms. The number of carbonyl (C=O) groups excluding carboxylic acids is 2. The van der Waals surface area contributed by atoms with Gasteiger partial charge in [-0.2, -0.15) is 0 Å². The third-order valence-corrected chi connectivity index (χ3v) is 4.23. The van der Waals surface area contributed by atoms with E-state index in [1.165, 1.54) is 6.07 Å². The van der Waals surface area contributed by atoms with Gasteiger partial charge in [0.15, 0.2) is 5.76 Å². The van der Waals surface area contributed by atoms with Crippen LogP contribution < -0.4 is 15.0 Å². The molecule has 0 saturated heterocycles. The molecule has 0 atom stereocenters. The van der Waals surface area contributed by atoms with Crippen LogP contribution in [-0.2, 0) is 4.79 Å². The fourth-order valence-corrected chi connectivity index (χ4v) is 2.78. The number of nitrogens with one attached hydrogen (secondary N) is 1. The minimum atomic E-state index is -0.717. The summed E-state index contributed by atoms with van der Waals surface area (Å²) in [6.07, 6.45) is 0. The highest BCUT2D eigenvalue weighted by Gasteiger charge is 2.37. The summed E-state index contributed by atoms with van der Waals surface area (Å²) in [7, 11) is 0. The second-order valence-electron chi connectivity index (χ2n) is 6.75. The number of nitrogens with zero attached hydrogens (tertiary/aromatic N) is 2. The van der Waals surface area contributed by atoms with Crippen LogP contribution in [0.25, 0.3) is 0 Å². The van der Waals surface area contributed by atoms with Crippen LogP contribution in [0.4, 0.5) is 17.3 Å². The predicted octanol–water partition coefficient (Wildman–Crippen LogP) is 3.21. The third kappa shape index (κ3) is 3.48. The van der Waals surface area contributed by atoms with Crippen LogP contribution in [0.1, 0.15) is 31.3 Å². The maximum Gasteiger partial charge on any atom is 0.433 e. The van der Waals surface area contributed by atoms with Crippen LogP contribution in [-0.4, -0.2) is 29.9 Å². The number of anilines is 2. The molecular weight excluding hydrogens is 354 g/mol. The highest BCUT2D eigenvalue weighted by molar-refractivity contribution is 6.03. The van der Waals surface area contributed by atoms with Crippen molar-refractivity contribution in [1.82, 2.24) is 0 Å². The molecule has 0 saturated carbocycles. The van der Waals surface area contributed by atoms with Crippen molar-refractivity contribution in [3.05, 3.63) is 46.2 Å². The number of carbonyl (C=O) groups is 2. The molecule has 0 bridgehead atoms. The van der Waals surface area contributed by atoms with E-state index >= 15 is 0 Å². The van der Waals surface area contributed by atoms with E-state index in [0.717, 1.165) is 6.07 Å². The number of hydrogen-bond acceptors (Lipinski definition) is 6. The molecule has 9 nitrogen and oxygen atoms in total. The Morgan fingerprint density at radius 3 is 2.70 bits per heavy atom. The summed E-state index contributed by atoms with van der Waals surface area (Å²) < 4.78 is 10.7. The van der Waals surface area contributed by atoms with Gasteiger partial charge < -0.3 is 19.4 Å². The van der Waals surface area contributed by atoms with Gasteiger partial charge in [-0.15, -0.1) is 0 Å². The lowest BCUT2D eigenvalue weighted by molar-refractivity contribution is -0.402. The van der Waals surface area contributed by atoms with E-state index in [1.54, 1.807) is 23.1 Å². The topological polar surface area (TPSA) is 115 Å². The van der Waals surface area contributed by atoms with Crippen molar-refractivity contribution in [2.75, 3.05) is 23.4 Å². The van der Waals surface area contributed by atoms with Gasteiger partial charge in [0, 0.05) is 18.3 Å². The Hall–Kier alpha value is -3.36. The van der Waals surface area contributed by atoms with Crippen molar-refractivity contribution in [2.24, 2.45) is 5.41 Å². The van der Waals surface area contributed by atoms with Crippen molar-refractivity contribution >= 4 is 29.1 Å². The molecule has 0 unspecified atom stereocenters.